The first-order chi connectivity index (χ1) is 28.2. The molecule has 3 aliphatic carbocycles. The molecule has 0 radical (unpaired) electrons. The predicted molar refractivity (Wildman–Crippen MR) is 239 cm³/mol. The van der Waals surface area contributed by atoms with Crippen molar-refractivity contribution in [2.24, 2.45) is 15.0 Å². The average Bonchev–Trinajstić information content (AvgIpc) is 3.77. The van der Waals surface area contributed by atoms with Gasteiger partial charge in [0, 0.05) is 22.7 Å². The summed E-state index contributed by atoms with van der Waals surface area (Å²) in [6.07, 6.45) is 9.86. The highest BCUT2D eigenvalue weighted by atomic mass is 14.9. The molecule has 3 aliphatic rings. The van der Waals surface area contributed by atoms with Crippen molar-refractivity contribution >= 4 is 35.7 Å². The molecule has 0 amide bonds. The highest BCUT2D eigenvalue weighted by molar-refractivity contribution is 6.09. The van der Waals surface area contributed by atoms with Crippen molar-refractivity contribution in [2.75, 3.05) is 6.54 Å². The van der Waals surface area contributed by atoms with Crippen molar-refractivity contribution in [3.63, 3.8) is 0 Å². The third kappa shape index (κ3) is 6.95. The standard InChI is InChI=1S/C45H31N3.C8H9N/c1-46-45(48-28-33-11-3-5-14-37-36-13-4-2-10-31(36)26-41(33)37)40-18-6-12-32-27-42-35(15-7-17-39(42)44(32)40)30-23-21-29(22-24-30)34-16-8-20-43-38(34)19-9-25-47-43;1-9-7-8-5-3-2-4-6-8/h2-13,15-25H,1,26-28H2;2-6H,1,7H2. The zero-order valence-corrected chi connectivity index (χ0v) is 31.7. The van der Waals surface area contributed by atoms with Gasteiger partial charge in [0.1, 0.15) is 0 Å². The third-order valence-electron chi connectivity index (χ3n) is 11.0. The van der Waals surface area contributed by atoms with E-state index in [2.05, 4.69) is 155 Å². The molecule has 0 aliphatic heterocycles. The van der Waals surface area contributed by atoms with Crippen molar-refractivity contribution < 1.29 is 0 Å². The van der Waals surface area contributed by atoms with Crippen molar-refractivity contribution in [1.82, 2.24) is 4.98 Å². The van der Waals surface area contributed by atoms with Gasteiger partial charge >= 0.3 is 0 Å². The summed E-state index contributed by atoms with van der Waals surface area (Å²) in [5, 5.41) is 1.17. The average molecular weight is 733 g/mol. The lowest BCUT2D eigenvalue weighted by Gasteiger charge is -2.12. The van der Waals surface area contributed by atoms with E-state index in [0.717, 1.165) is 30.5 Å². The van der Waals surface area contributed by atoms with E-state index in [-0.39, 0.29) is 0 Å². The maximum atomic E-state index is 5.11. The van der Waals surface area contributed by atoms with Crippen LogP contribution in [0.2, 0.25) is 0 Å². The fraction of sp³-hybridized carbons (Fsp3) is 0.0755. The normalized spacial score (nSPS) is 13.5. The number of aromatic nitrogens is 1. The van der Waals surface area contributed by atoms with E-state index in [1.807, 2.05) is 48.7 Å². The summed E-state index contributed by atoms with van der Waals surface area (Å²) in [7, 11) is 0. The fourth-order valence-corrected chi connectivity index (χ4v) is 8.34. The van der Waals surface area contributed by atoms with Crippen LogP contribution in [0.3, 0.4) is 0 Å². The molecule has 0 atom stereocenters. The largest absolute Gasteiger partial charge is 0.296 e. The molecule has 57 heavy (non-hydrogen) atoms. The predicted octanol–water partition coefficient (Wildman–Crippen LogP) is 12.1. The third-order valence-corrected chi connectivity index (χ3v) is 11.0. The molecule has 4 heteroatoms. The second-order valence-corrected chi connectivity index (χ2v) is 14.3. The van der Waals surface area contributed by atoms with Crippen LogP contribution < -0.4 is 0 Å². The molecular formula is C53H40N4. The molecule has 0 saturated heterocycles. The Bertz CT molecular complexity index is 2840. The minimum Gasteiger partial charge on any atom is -0.296 e. The van der Waals surface area contributed by atoms with E-state index in [4.69, 9.17) is 4.99 Å². The maximum absolute atomic E-state index is 5.11. The Kier molecular flexibility index (Phi) is 9.85. The van der Waals surface area contributed by atoms with Crippen LogP contribution in [-0.4, -0.2) is 30.8 Å². The number of amidine groups is 1. The van der Waals surface area contributed by atoms with Gasteiger partial charge in [-0.1, -0.05) is 146 Å². The molecule has 7 aromatic rings. The van der Waals surface area contributed by atoms with Gasteiger partial charge in [-0.25, -0.2) is 4.99 Å². The van der Waals surface area contributed by atoms with Gasteiger partial charge in [-0.3, -0.25) is 15.0 Å². The van der Waals surface area contributed by atoms with Crippen molar-refractivity contribution in [3.8, 4) is 33.4 Å². The van der Waals surface area contributed by atoms with E-state index in [0.29, 0.717) is 12.4 Å². The van der Waals surface area contributed by atoms with Crippen LogP contribution in [0.4, 0.5) is 0 Å². The number of benzene rings is 6. The molecular weight excluding hydrogens is 693 g/mol. The first kappa shape index (κ1) is 35.4. The number of aliphatic imine (C=N–C) groups is 3. The summed E-state index contributed by atoms with van der Waals surface area (Å²) in [6.45, 7) is 8.63. The van der Waals surface area contributed by atoms with Crippen LogP contribution in [0.5, 0.6) is 0 Å². The highest BCUT2D eigenvalue weighted by Gasteiger charge is 2.27. The van der Waals surface area contributed by atoms with E-state index in [1.54, 1.807) is 0 Å². The highest BCUT2D eigenvalue weighted by Crippen LogP contribution is 2.44. The molecule has 6 aromatic carbocycles. The molecule has 0 fully saturated rings. The number of fused-ring (bicyclic) bond motifs is 7. The Morgan fingerprint density at radius 1 is 0.632 bits per heavy atom. The molecule has 272 valence electrons. The number of hydrogen-bond donors (Lipinski definition) is 0. The molecule has 0 bridgehead atoms. The number of nitrogens with zero attached hydrogens (tertiary/aromatic N) is 4. The minimum absolute atomic E-state index is 0.531. The smallest absolute Gasteiger partial charge is 0.154 e. The second-order valence-electron chi connectivity index (χ2n) is 14.3. The molecule has 1 aromatic heterocycles. The summed E-state index contributed by atoms with van der Waals surface area (Å²) in [5.74, 6) is 0.679. The minimum atomic E-state index is 0.531. The quantitative estimate of drug-likeness (QED) is 0.0914. The molecule has 10 rings (SSSR count). The lowest BCUT2D eigenvalue weighted by Crippen LogP contribution is -2.03. The first-order valence-electron chi connectivity index (χ1n) is 19.3. The second kappa shape index (κ2) is 15.8. The number of pyridine rings is 1. The zero-order valence-electron chi connectivity index (χ0n) is 31.7. The van der Waals surface area contributed by atoms with Gasteiger partial charge in [-0.2, -0.15) is 0 Å². The van der Waals surface area contributed by atoms with Gasteiger partial charge in [0.2, 0.25) is 0 Å². The Morgan fingerprint density at radius 2 is 1.35 bits per heavy atom. The van der Waals surface area contributed by atoms with Crippen molar-refractivity contribution in [3.05, 3.63) is 220 Å². The fourth-order valence-electron chi connectivity index (χ4n) is 8.34. The molecule has 0 saturated carbocycles. The van der Waals surface area contributed by atoms with E-state index < -0.39 is 0 Å². The summed E-state index contributed by atoms with van der Waals surface area (Å²) in [6, 6.07) is 51.3. The van der Waals surface area contributed by atoms with Crippen LogP contribution in [0.1, 0.15) is 33.4 Å². The topological polar surface area (TPSA) is 50.0 Å². The van der Waals surface area contributed by atoms with Gasteiger partial charge in [0.15, 0.2) is 5.84 Å². The summed E-state index contributed by atoms with van der Waals surface area (Å²) in [5.41, 5.74) is 23.0. The summed E-state index contributed by atoms with van der Waals surface area (Å²) in [4.78, 5) is 17.9. The van der Waals surface area contributed by atoms with Gasteiger partial charge in [-0.05, 0) is 117 Å². The van der Waals surface area contributed by atoms with Crippen LogP contribution in [0.25, 0.3) is 49.9 Å². The molecule has 1 heterocycles. The number of rotatable bonds is 7. The monoisotopic (exact) mass is 732 g/mol. The summed E-state index contributed by atoms with van der Waals surface area (Å²) >= 11 is 0. The first-order valence-corrected chi connectivity index (χ1v) is 19.3. The van der Waals surface area contributed by atoms with Crippen molar-refractivity contribution in [1.29, 1.82) is 0 Å². The Balaban J connectivity index is 0.000000417. The molecule has 4 nitrogen and oxygen atoms in total. The molecule has 0 spiro atoms. The molecule has 0 N–H and O–H groups in total. The number of hydrogen-bond acceptors (Lipinski definition) is 3. The van der Waals surface area contributed by atoms with E-state index in [9.17, 15) is 0 Å². The van der Waals surface area contributed by atoms with Crippen LogP contribution in [0.15, 0.2) is 202 Å². The lowest BCUT2D eigenvalue weighted by molar-refractivity contribution is 1.08. The lowest BCUT2D eigenvalue weighted by atomic mass is 9.93. The van der Waals surface area contributed by atoms with E-state index in [1.165, 1.54) is 83.3 Å². The van der Waals surface area contributed by atoms with Crippen LogP contribution >= 0.6 is 0 Å². The summed E-state index contributed by atoms with van der Waals surface area (Å²) < 4.78 is 0. The van der Waals surface area contributed by atoms with Crippen LogP contribution in [-0.2, 0) is 19.4 Å². The van der Waals surface area contributed by atoms with Gasteiger partial charge in [0.05, 0.1) is 18.6 Å². The zero-order chi connectivity index (χ0) is 38.6. The Hall–Kier alpha value is -7.26. The van der Waals surface area contributed by atoms with E-state index >= 15 is 0 Å². The Morgan fingerprint density at radius 3 is 2.19 bits per heavy atom. The Labute approximate surface area is 334 Å². The van der Waals surface area contributed by atoms with Gasteiger partial charge in [-0.15, -0.1) is 5.73 Å². The number of allylic oxidation sites excluding steroid dienone is 3. The molecule has 0 unspecified atom stereocenters. The maximum Gasteiger partial charge on any atom is 0.154 e. The SMILES string of the molecule is C=NC(=NCC1=C2Cc3ccccc3C2=C=CC=C1)c1cccc2c1-c1cccc(-c3ccc(-c4cccc5ncccc45)cc3)c1C2.C=NCc1ccccc1. The van der Waals surface area contributed by atoms with Gasteiger partial charge < -0.3 is 0 Å². The van der Waals surface area contributed by atoms with Gasteiger partial charge in [0.25, 0.3) is 0 Å². The van der Waals surface area contributed by atoms with Crippen molar-refractivity contribution in [2.45, 2.75) is 19.4 Å². The van der Waals surface area contributed by atoms with Crippen LogP contribution in [0, 0.1) is 0 Å².